The third kappa shape index (κ3) is 6.07. The lowest BCUT2D eigenvalue weighted by molar-refractivity contribution is -0.131. The highest BCUT2D eigenvalue weighted by atomic mass is 19.2. The molecule has 0 radical (unpaired) electrons. The van der Waals surface area contributed by atoms with Crippen LogP contribution in [0.5, 0.6) is 11.5 Å². The molecule has 1 aromatic heterocycles. The molecule has 0 aliphatic carbocycles. The second-order valence-electron chi connectivity index (χ2n) is 10.4. The molecule has 1 saturated heterocycles. The van der Waals surface area contributed by atoms with Crippen LogP contribution in [-0.4, -0.2) is 54.1 Å². The van der Waals surface area contributed by atoms with Gasteiger partial charge in [0.2, 0.25) is 11.7 Å². The van der Waals surface area contributed by atoms with Gasteiger partial charge in [0.25, 0.3) is 5.91 Å². The van der Waals surface area contributed by atoms with Gasteiger partial charge in [-0.3, -0.25) is 20.0 Å². The number of carbonyl (C=O) groups excluding carboxylic acids is 2. The zero-order valence-electron chi connectivity index (χ0n) is 24.0. The smallest absolute Gasteiger partial charge is 0.260 e. The summed E-state index contributed by atoms with van der Waals surface area (Å²) in [5.74, 6) is -1.82. The number of unbranched alkanes of at least 4 members (excludes halogenated alkanes) is 1. The third-order valence-corrected chi connectivity index (χ3v) is 7.70. The van der Waals surface area contributed by atoms with Gasteiger partial charge in [0.05, 0.1) is 25.8 Å². The van der Waals surface area contributed by atoms with E-state index in [-0.39, 0.29) is 42.2 Å². The fourth-order valence-corrected chi connectivity index (χ4v) is 5.40. The van der Waals surface area contributed by atoms with Crippen LogP contribution in [0.2, 0.25) is 0 Å². The number of aryl methyl sites for hydroxylation is 1. The van der Waals surface area contributed by atoms with Crippen molar-refractivity contribution in [3.8, 4) is 11.5 Å². The van der Waals surface area contributed by atoms with Gasteiger partial charge in [-0.2, -0.15) is 4.39 Å². The highest BCUT2D eigenvalue weighted by Crippen LogP contribution is 2.34. The zero-order chi connectivity index (χ0) is 29.8. The number of carbonyl (C=O) groups is 2. The molecule has 5 rings (SSSR count). The highest BCUT2D eigenvalue weighted by molar-refractivity contribution is 5.91. The van der Waals surface area contributed by atoms with E-state index in [1.54, 1.807) is 25.2 Å². The van der Waals surface area contributed by atoms with Gasteiger partial charge >= 0.3 is 0 Å². The van der Waals surface area contributed by atoms with E-state index in [9.17, 15) is 18.4 Å². The Labute approximate surface area is 243 Å². The SMILES string of the molecule is CCc1ccc2c(C3C=CC(=O)N(CCCCOc4ccc(C5CCC(=O)NN5C)c(F)c4F)N3)ccc(OC)c2n1. The molecule has 2 aromatic carbocycles. The van der Waals surface area contributed by atoms with Crippen LogP contribution in [0.4, 0.5) is 8.78 Å². The lowest BCUT2D eigenvalue weighted by Gasteiger charge is -2.33. The molecule has 2 amide bonds. The maximum atomic E-state index is 14.9. The number of pyridine rings is 1. The summed E-state index contributed by atoms with van der Waals surface area (Å²) >= 11 is 0. The largest absolute Gasteiger partial charge is 0.494 e. The van der Waals surface area contributed by atoms with Crippen LogP contribution >= 0.6 is 0 Å². The van der Waals surface area contributed by atoms with Crippen LogP contribution in [0, 0.1) is 11.6 Å². The van der Waals surface area contributed by atoms with Crippen LogP contribution in [0.15, 0.2) is 48.6 Å². The van der Waals surface area contributed by atoms with Crippen molar-refractivity contribution in [1.82, 2.24) is 25.9 Å². The van der Waals surface area contributed by atoms with Crippen LogP contribution in [-0.2, 0) is 16.0 Å². The molecule has 42 heavy (non-hydrogen) atoms. The minimum Gasteiger partial charge on any atom is -0.494 e. The average molecular weight is 580 g/mol. The van der Waals surface area contributed by atoms with E-state index in [1.807, 2.05) is 30.3 Å². The van der Waals surface area contributed by atoms with Crippen LogP contribution in [0.25, 0.3) is 10.9 Å². The van der Waals surface area contributed by atoms with Crippen molar-refractivity contribution in [1.29, 1.82) is 0 Å². The molecule has 3 heterocycles. The van der Waals surface area contributed by atoms with Crippen LogP contribution in [0.3, 0.4) is 0 Å². The van der Waals surface area contributed by atoms with Crippen LogP contribution < -0.4 is 20.3 Å². The van der Waals surface area contributed by atoms with Gasteiger partial charge < -0.3 is 9.47 Å². The van der Waals surface area contributed by atoms with Gasteiger partial charge in [-0.1, -0.05) is 31.2 Å². The Balaban J connectivity index is 1.17. The first-order chi connectivity index (χ1) is 20.3. The van der Waals surface area contributed by atoms with Gasteiger partial charge in [0, 0.05) is 42.7 Å². The number of methoxy groups -OCH3 is 1. The van der Waals surface area contributed by atoms with Gasteiger partial charge in [0.15, 0.2) is 11.6 Å². The summed E-state index contributed by atoms with van der Waals surface area (Å²) in [5.41, 5.74) is 8.81. The maximum absolute atomic E-state index is 14.9. The molecule has 2 N–H and O–H groups in total. The normalized spacial score (nSPS) is 19.3. The van der Waals surface area contributed by atoms with Gasteiger partial charge in [-0.15, -0.1) is 0 Å². The van der Waals surface area contributed by atoms with E-state index < -0.39 is 17.7 Å². The van der Waals surface area contributed by atoms with Crippen molar-refractivity contribution in [3.05, 3.63) is 77.0 Å². The Bertz CT molecular complexity index is 1510. The van der Waals surface area contributed by atoms with E-state index in [2.05, 4.69) is 17.8 Å². The summed E-state index contributed by atoms with van der Waals surface area (Å²) in [6, 6.07) is 10.1. The first kappa shape index (κ1) is 29.4. The highest BCUT2D eigenvalue weighted by Gasteiger charge is 2.29. The Morgan fingerprint density at radius 3 is 2.57 bits per heavy atom. The van der Waals surface area contributed by atoms with Crippen molar-refractivity contribution >= 4 is 22.7 Å². The number of aromatic nitrogens is 1. The number of hydrogen-bond donors (Lipinski definition) is 2. The van der Waals surface area contributed by atoms with E-state index in [0.717, 1.165) is 28.6 Å². The lowest BCUT2D eigenvalue weighted by Crippen LogP contribution is -2.46. The first-order valence-corrected chi connectivity index (χ1v) is 14.2. The van der Waals surface area contributed by atoms with E-state index in [1.165, 1.54) is 17.1 Å². The fourth-order valence-electron chi connectivity index (χ4n) is 5.40. The number of halogens is 2. The molecular weight excluding hydrogens is 544 g/mol. The lowest BCUT2D eigenvalue weighted by atomic mass is 9.99. The monoisotopic (exact) mass is 579 g/mol. The molecule has 0 spiro atoms. The molecule has 2 atom stereocenters. The average Bonchev–Trinajstić information content (AvgIpc) is 2.99. The quantitative estimate of drug-likeness (QED) is 0.337. The second kappa shape index (κ2) is 12.8. The van der Waals surface area contributed by atoms with Crippen molar-refractivity contribution in [2.24, 2.45) is 0 Å². The molecule has 3 aromatic rings. The predicted molar refractivity (Wildman–Crippen MR) is 153 cm³/mol. The molecule has 222 valence electrons. The topological polar surface area (TPSA) is 96.0 Å². The molecule has 2 aliphatic rings. The molecule has 2 unspecified atom stereocenters. The van der Waals surface area contributed by atoms with Crippen molar-refractivity contribution in [3.63, 3.8) is 0 Å². The Morgan fingerprint density at radius 2 is 1.81 bits per heavy atom. The van der Waals surface area contributed by atoms with Gasteiger partial charge in [0.1, 0.15) is 11.3 Å². The number of amides is 2. The number of benzene rings is 2. The number of fused-ring (bicyclic) bond motifs is 1. The predicted octanol–water partition coefficient (Wildman–Crippen LogP) is 4.69. The Hall–Kier alpha value is -4.09. The Morgan fingerprint density at radius 1 is 1.02 bits per heavy atom. The number of hydrazine groups is 2. The second-order valence-corrected chi connectivity index (χ2v) is 10.4. The molecule has 9 nitrogen and oxygen atoms in total. The number of rotatable bonds is 10. The number of ether oxygens (including phenoxy) is 2. The van der Waals surface area contributed by atoms with E-state index in [4.69, 9.17) is 14.5 Å². The third-order valence-electron chi connectivity index (χ3n) is 7.70. The maximum Gasteiger partial charge on any atom is 0.260 e. The molecule has 0 bridgehead atoms. The van der Waals surface area contributed by atoms with Crippen molar-refractivity contribution in [2.45, 2.75) is 51.1 Å². The number of nitrogens with one attached hydrogen (secondary N) is 2. The number of nitrogens with zero attached hydrogens (tertiary/aromatic N) is 3. The summed E-state index contributed by atoms with van der Waals surface area (Å²) in [4.78, 5) is 28.9. The van der Waals surface area contributed by atoms with Gasteiger partial charge in [-0.25, -0.2) is 19.8 Å². The minimum atomic E-state index is -1.05. The summed E-state index contributed by atoms with van der Waals surface area (Å²) in [6.45, 7) is 2.62. The zero-order valence-corrected chi connectivity index (χ0v) is 24.0. The summed E-state index contributed by atoms with van der Waals surface area (Å²) in [6.07, 6.45) is 5.93. The molecular formula is C31H35F2N5O4. The molecule has 1 fully saturated rings. The first-order valence-electron chi connectivity index (χ1n) is 14.2. The summed E-state index contributed by atoms with van der Waals surface area (Å²) in [5, 5.41) is 4.00. The molecule has 2 aliphatic heterocycles. The molecule has 0 saturated carbocycles. The minimum absolute atomic E-state index is 0.153. The fraction of sp³-hybridized carbons (Fsp3) is 0.387. The van der Waals surface area contributed by atoms with E-state index >= 15 is 0 Å². The van der Waals surface area contributed by atoms with Gasteiger partial charge in [-0.05, 0) is 49.4 Å². The van der Waals surface area contributed by atoms with E-state index in [0.29, 0.717) is 31.6 Å². The van der Waals surface area contributed by atoms with Crippen molar-refractivity contribution < 1.29 is 27.8 Å². The number of hydrogen-bond acceptors (Lipinski definition) is 7. The summed E-state index contributed by atoms with van der Waals surface area (Å²) in [7, 11) is 3.25. The standard InChI is InChI=1S/C31H35F2N5O4/c1-4-19-7-8-21-20(9-14-26(41-3)31(21)34-19)23-11-16-28(40)38(35-23)17-5-6-18-42-25-13-10-22(29(32)30(25)33)24-12-15-27(39)36-37(24)2/h7-11,13-14,16,23-24,35H,4-6,12,15,17-18H2,1-3H3,(H,36,39). The molecule has 11 heteroatoms. The Kier molecular flexibility index (Phi) is 8.98. The van der Waals surface area contributed by atoms with Crippen LogP contribution in [0.1, 0.15) is 61.5 Å². The van der Waals surface area contributed by atoms with Crippen molar-refractivity contribution in [2.75, 3.05) is 27.3 Å². The summed E-state index contributed by atoms with van der Waals surface area (Å²) < 4.78 is 40.7.